The summed E-state index contributed by atoms with van der Waals surface area (Å²) in [5.74, 6) is 0. The first-order valence-corrected chi connectivity index (χ1v) is 20.9. The van der Waals surface area contributed by atoms with Crippen LogP contribution in [-0.2, 0) is 0 Å². The summed E-state index contributed by atoms with van der Waals surface area (Å²) < 4.78 is 0. The Kier molecular flexibility index (Phi) is 10.4. The number of hydrogen-bond acceptors (Lipinski definition) is 1. The molecule has 0 fully saturated rings. The molecule has 0 atom stereocenters. The molecule has 1 heteroatoms. The summed E-state index contributed by atoms with van der Waals surface area (Å²) in [6.07, 6.45) is 0. The van der Waals surface area contributed by atoms with Gasteiger partial charge in [-0.1, -0.05) is 218 Å². The third-order valence-electron chi connectivity index (χ3n) is 11.5. The van der Waals surface area contributed by atoms with Crippen molar-refractivity contribution in [2.75, 3.05) is 4.90 Å². The van der Waals surface area contributed by atoms with Gasteiger partial charge in [0, 0.05) is 16.9 Å². The zero-order valence-electron chi connectivity index (χ0n) is 33.8. The molecule has 0 aliphatic carbocycles. The van der Waals surface area contributed by atoms with Crippen molar-refractivity contribution in [1.82, 2.24) is 0 Å². The molecule has 0 unspecified atom stereocenters. The average Bonchev–Trinajstić information content (AvgIpc) is 3.36. The van der Waals surface area contributed by atoms with Crippen LogP contribution in [0, 0.1) is 0 Å². The summed E-state index contributed by atoms with van der Waals surface area (Å²) in [4.78, 5) is 2.40. The lowest BCUT2D eigenvalue weighted by Crippen LogP contribution is -2.11. The van der Waals surface area contributed by atoms with E-state index in [9.17, 15) is 0 Å². The van der Waals surface area contributed by atoms with Gasteiger partial charge in [-0.05, 0) is 115 Å². The Morgan fingerprint density at radius 1 is 0.180 bits per heavy atom. The Morgan fingerprint density at radius 3 is 0.902 bits per heavy atom. The zero-order chi connectivity index (χ0) is 40.8. The summed E-state index contributed by atoms with van der Waals surface area (Å²) in [5, 5.41) is 0. The third-order valence-corrected chi connectivity index (χ3v) is 11.5. The van der Waals surface area contributed by atoms with Gasteiger partial charge in [0.25, 0.3) is 0 Å². The molecule has 0 spiro atoms. The van der Waals surface area contributed by atoms with Gasteiger partial charge >= 0.3 is 0 Å². The van der Waals surface area contributed by atoms with Gasteiger partial charge in [-0.2, -0.15) is 0 Å². The van der Waals surface area contributed by atoms with Crippen molar-refractivity contribution in [3.63, 3.8) is 0 Å². The molecular formula is C60H43N. The molecule has 10 aromatic carbocycles. The highest BCUT2D eigenvalue weighted by Gasteiger charge is 2.20. The number of anilines is 3. The van der Waals surface area contributed by atoms with E-state index in [1.807, 2.05) is 0 Å². The van der Waals surface area contributed by atoms with E-state index in [1.54, 1.807) is 0 Å². The minimum Gasteiger partial charge on any atom is -0.310 e. The van der Waals surface area contributed by atoms with E-state index < -0.39 is 0 Å². The fourth-order valence-corrected chi connectivity index (χ4v) is 8.36. The van der Waals surface area contributed by atoms with Crippen LogP contribution >= 0.6 is 0 Å². The van der Waals surface area contributed by atoms with E-state index in [-0.39, 0.29) is 0 Å². The molecule has 0 aliphatic heterocycles. The average molecular weight is 778 g/mol. The normalized spacial score (nSPS) is 11.0. The molecule has 0 aromatic heterocycles. The summed E-state index contributed by atoms with van der Waals surface area (Å²) >= 11 is 0. The van der Waals surface area contributed by atoms with E-state index in [0.29, 0.717) is 0 Å². The van der Waals surface area contributed by atoms with Gasteiger partial charge in [-0.15, -0.1) is 0 Å². The Hall–Kier alpha value is -8.00. The minimum absolute atomic E-state index is 1.08. The molecule has 0 saturated heterocycles. The van der Waals surface area contributed by atoms with Crippen molar-refractivity contribution >= 4 is 17.1 Å². The molecule has 1 nitrogen and oxygen atoms in total. The highest BCUT2D eigenvalue weighted by Crippen LogP contribution is 2.45. The van der Waals surface area contributed by atoms with Gasteiger partial charge in [0.15, 0.2) is 0 Å². The first-order valence-electron chi connectivity index (χ1n) is 20.9. The van der Waals surface area contributed by atoms with E-state index in [4.69, 9.17) is 0 Å². The van der Waals surface area contributed by atoms with Crippen molar-refractivity contribution in [2.24, 2.45) is 0 Å². The monoisotopic (exact) mass is 777 g/mol. The van der Waals surface area contributed by atoms with Gasteiger partial charge in [-0.3, -0.25) is 0 Å². The molecule has 0 N–H and O–H groups in total. The van der Waals surface area contributed by atoms with Crippen molar-refractivity contribution < 1.29 is 0 Å². The fourth-order valence-electron chi connectivity index (χ4n) is 8.36. The quantitative estimate of drug-likeness (QED) is 0.134. The van der Waals surface area contributed by atoms with Crippen molar-refractivity contribution in [1.29, 1.82) is 0 Å². The van der Waals surface area contributed by atoms with Gasteiger partial charge in [-0.25, -0.2) is 0 Å². The molecule has 10 aromatic rings. The van der Waals surface area contributed by atoms with Crippen LogP contribution in [0.3, 0.4) is 0 Å². The van der Waals surface area contributed by atoms with Crippen LogP contribution in [0.25, 0.3) is 77.9 Å². The van der Waals surface area contributed by atoms with Crippen LogP contribution < -0.4 is 4.90 Å². The number of hydrogen-bond donors (Lipinski definition) is 0. The Labute approximate surface area is 359 Å². The highest BCUT2D eigenvalue weighted by atomic mass is 15.1. The number of benzene rings is 10. The van der Waals surface area contributed by atoms with Gasteiger partial charge in [0.2, 0.25) is 0 Å². The SMILES string of the molecule is c1ccc(-c2ccc(-c3ccc(N(c4ccc(-c5ccccc5)cc4)c4ccc(-c5cc(-c6ccccc6)ccc5-c5ccccc5)cc4-c4ccccc4)cc3)cc2)cc1. The van der Waals surface area contributed by atoms with Crippen LogP contribution in [0.1, 0.15) is 0 Å². The fraction of sp³-hybridized carbons (Fsp3) is 0. The van der Waals surface area contributed by atoms with E-state index in [0.717, 1.165) is 33.8 Å². The predicted octanol–water partition coefficient (Wildman–Crippen LogP) is 16.8. The van der Waals surface area contributed by atoms with Crippen LogP contribution in [0.4, 0.5) is 17.1 Å². The Balaban J connectivity index is 1.12. The molecule has 0 aliphatic rings. The maximum absolute atomic E-state index is 2.40. The largest absolute Gasteiger partial charge is 0.310 e. The maximum Gasteiger partial charge on any atom is 0.0540 e. The summed E-state index contributed by atoms with van der Waals surface area (Å²) in [5.41, 5.74) is 19.9. The van der Waals surface area contributed by atoms with Crippen molar-refractivity contribution in [2.45, 2.75) is 0 Å². The lowest BCUT2D eigenvalue weighted by molar-refractivity contribution is 1.28. The van der Waals surface area contributed by atoms with E-state index in [1.165, 1.54) is 61.2 Å². The van der Waals surface area contributed by atoms with E-state index in [2.05, 4.69) is 266 Å². The standard InChI is InChI=1S/C60H43N/c1-6-16-44(17-7-1)47-26-28-48(29-27-47)50-32-38-56(39-33-50)61(55-36-30-49(31-37-55)45-18-8-2-9-19-45)60-41-35-54(43-59(60)52-24-14-5-15-25-52)58-42-53(46-20-10-3-11-21-46)34-40-57(58)51-22-12-4-13-23-51/h1-43H. The molecule has 288 valence electrons. The highest BCUT2D eigenvalue weighted by molar-refractivity contribution is 5.94. The second-order valence-corrected chi connectivity index (χ2v) is 15.3. The molecule has 0 amide bonds. The number of nitrogens with zero attached hydrogens (tertiary/aromatic N) is 1. The third kappa shape index (κ3) is 7.93. The smallest absolute Gasteiger partial charge is 0.0540 e. The lowest BCUT2D eigenvalue weighted by atomic mass is 9.89. The van der Waals surface area contributed by atoms with Crippen LogP contribution in [0.2, 0.25) is 0 Å². The second kappa shape index (κ2) is 17.1. The van der Waals surface area contributed by atoms with Crippen molar-refractivity contribution in [3.05, 3.63) is 261 Å². The first-order chi connectivity index (χ1) is 30.2. The summed E-state index contributed by atoms with van der Waals surface area (Å²) in [6.45, 7) is 0. The molecule has 61 heavy (non-hydrogen) atoms. The summed E-state index contributed by atoms with van der Waals surface area (Å²) in [6, 6.07) is 94.0. The Bertz CT molecular complexity index is 3000. The number of rotatable bonds is 10. The maximum atomic E-state index is 2.40. The van der Waals surface area contributed by atoms with E-state index >= 15 is 0 Å². The van der Waals surface area contributed by atoms with Crippen molar-refractivity contribution in [3.8, 4) is 77.9 Å². The first kappa shape index (κ1) is 37.3. The van der Waals surface area contributed by atoms with Gasteiger partial charge in [0.1, 0.15) is 0 Å². The van der Waals surface area contributed by atoms with Crippen LogP contribution in [0.15, 0.2) is 261 Å². The van der Waals surface area contributed by atoms with Gasteiger partial charge < -0.3 is 4.90 Å². The predicted molar refractivity (Wildman–Crippen MR) is 259 cm³/mol. The molecule has 0 saturated carbocycles. The van der Waals surface area contributed by atoms with Crippen LogP contribution in [0.5, 0.6) is 0 Å². The molecular weight excluding hydrogens is 735 g/mol. The molecule has 0 heterocycles. The van der Waals surface area contributed by atoms with Gasteiger partial charge in [0.05, 0.1) is 5.69 Å². The minimum atomic E-state index is 1.08. The molecule has 0 radical (unpaired) electrons. The molecule has 10 rings (SSSR count). The van der Waals surface area contributed by atoms with Crippen LogP contribution in [-0.4, -0.2) is 0 Å². The lowest BCUT2D eigenvalue weighted by Gasteiger charge is -2.29. The second-order valence-electron chi connectivity index (χ2n) is 15.3. The Morgan fingerprint density at radius 2 is 0.475 bits per heavy atom. The summed E-state index contributed by atoms with van der Waals surface area (Å²) in [7, 11) is 0. The zero-order valence-corrected chi connectivity index (χ0v) is 33.8. The molecule has 0 bridgehead atoms. The topological polar surface area (TPSA) is 3.24 Å².